The number of nitrogen functional groups attached to an aromatic ring is 1. The number of hydrogen-bond acceptors (Lipinski definition) is 3. The molecular formula is C14H13BrClFN2S. The highest BCUT2D eigenvalue weighted by atomic mass is 79.9. The Labute approximate surface area is 135 Å². The van der Waals surface area contributed by atoms with Crippen molar-refractivity contribution in [2.45, 2.75) is 24.0 Å². The number of aryl methyl sites for hydroxylation is 1. The Bertz CT molecular complexity index is 651. The topological polar surface area (TPSA) is 38.9 Å². The third kappa shape index (κ3) is 3.27. The number of anilines is 1. The summed E-state index contributed by atoms with van der Waals surface area (Å²) < 4.78 is 14.5. The Hall–Kier alpha value is -0.780. The van der Waals surface area contributed by atoms with Crippen LogP contribution in [0.15, 0.2) is 33.8 Å². The van der Waals surface area contributed by atoms with Gasteiger partial charge in [0.25, 0.3) is 0 Å². The number of thioether (sulfide) groups is 1. The zero-order chi connectivity index (χ0) is 14.9. The van der Waals surface area contributed by atoms with Crippen LogP contribution in [-0.2, 0) is 0 Å². The van der Waals surface area contributed by atoms with Gasteiger partial charge in [-0.3, -0.25) is 0 Å². The van der Waals surface area contributed by atoms with Crippen molar-refractivity contribution >= 4 is 45.1 Å². The molecule has 1 aromatic heterocycles. The van der Waals surface area contributed by atoms with Gasteiger partial charge in [0.05, 0.1) is 9.92 Å². The molecule has 0 saturated heterocycles. The van der Waals surface area contributed by atoms with Gasteiger partial charge in [0, 0.05) is 15.9 Å². The predicted octanol–water partition coefficient (Wildman–Crippen LogP) is 5.38. The van der Waals surface area contributed by atoms with E-state index >= 15 is 0 Å². The van der Waals surface area contributed by atoms with E-state index < -0.39 is 5.82 Å². The molecule has 2 aromatic rings. The van der Waals surface area contributed by atoms with Gasteiger partial charge >= 0.3 is 0 Å². The van der Waals surface area contributed by atoms with E-state index in [4.69, 9.17) is 17.3 Å². The Balaban J connectivity index is 2.35. The van der Waals surface area contributed by atoms with Gasteiger partial charge < -0.3 is 5.73 Å². The lowest BCUT2D eigenvalue weighted by Crippen LogP contribution is -1.99. The van der Waals surface area contributed by atoms with Gasteiger partial charge in [0.1, 0.15) is 11.6 Å². The molecule has 0 aliphatic carbocycles. The number of benzene rings is 1. The Morgan fingerprint density at radius 2 is 2.15 bits per heavy atom. The second-order valence-corrected chi connectivity index (χ2v) is 7.07. The summed E-state index contributed by atoms with van der Waals surface area (Å²) in [6.07, 6.45) is 1.64. The van der Waals surface area contributed by atoms with Gasteiger partial charge in [-0.15, -0.1) is 11.8 Å². The molecule has 1 unspecified atom stereocenters. The predicted molar refractivity (Wildman–Crippen MR) is 86.8 cm³/mol. The van der Waals surface area contributed by atoms with Crippen molar-refractivity contribution in [1.82, 2.24) is 4.98 Å². The number of aromatic nitrogens is 1. The summed E-state index contributed by atoms with van der Waals surface area (Å²) in [5, 5.41) is 0.142. The Kier molecular flexibility index (Phi) is 4.94. The van der Waals surface area contributed by atoms with E-state index in [0.29, 0.717) is 5.82 Å². The zero-order valence-electron chi connectivity index (χ0n) is 11.0. The highest BCUT2D eigenvalue weighted by Gasteiger charge is 2.18. The fraction of sp³-hybridized carbons (Fsp3) is 0.214. The summed E-state index contributed by atoms with van der Waals surface area (Å²) in [6.45, 7) is 3.89. The summed E-state index contributed by atoms with van der Waals surface area (Å²) in [4.78, 5) is 4.93. The molecule has 1 aromatic carbocycles. The molecule has 1 heterocycles. The third-order valence-electron chi connectivity index (χ3n) is 2.91. The second-order valence-electron chi connectivity index (χ2n) is 4.39. The average molecular weight is 376 g/mol. The molecule has 0 spiro atoms. The van der Waals surface area contributed by atoms with Gasteiger partial charge in [-0.05, 0) is 53.0 Å². The molecule has 0 bridgehead atoms. The first-order valence-electron chi connectivity index (χ1n) is 5.92. The van der Waals surface area contributed by atoms with Gasteiger partial charge in [0.2, 0.25) is 0 Å². The van der Waals surface area contributed by atoms with E-state index in [1.54, 1.807) is 12.3 Å². The maximum Gasteiger partial charge on any atom is 0.142 e. The van der Waals surface area contributed by atoms with Crippen LogP contribution < -0.4 is 5.73 Å². The molecule has 2 nitrogen and oxygen atoms in total. The molecule has 0 radical (unpaired) electrons. The van der Waals surface area contributed by atoms with Crippen molar-refractivity contribution in [2.75, 3.05) is 5.73 Å². The lowest BCUT2D eigenvalue weighted by Gasteiger charge is -2.17. The van der Waals surface area contributed by atoms with E-state index in [2.05, 4.69) is 20.9 Å². The Morgan fingerprint density at radius 1 is 1.45 bits per heavy atom. The van der Waals surface area contributed by atoms with E-state index in [1.807, 2.05) is 19.9 Å². The summed E-state index contributed by atoms with van der Waals surface area (Å²) in [5.74, 6) is 0.0512. The van der Waals surface area contributed by atoms with Crippen LogP contribution in [0.25, 0.3) is 0 Å². The molecule has 1 atom stereocenters. The minimum atomic E-state index is -0.403. The van der Waals surface area contributed by atoms with Crippen molar-refractivity contribution in [2.24, 2.45) is 0 Å². The molecule has 106 valence electrons. The largest absolute Gasteiger partial charge is 0.383 e. The molecule has 0 aliphatic rings. The molecule has 20 heavy (non-hydrogen) atoms. The molecule has 0 saturated carbocycles. The minimum Gasteiger partial charge on any atom is -0.383 e. The zero-order valence-corrected chi connectivity index (χ0v) is 14.1. The highest BCUT2D eigenvalue weighted by molar-refractivity contribution is 9.10. The first kappa shape index (κ1) is 15.6. The SMILES string of the molecule is Cc1ccc(F)c(Cl)c1C(C)Sc1cc(Br)cnc1N. The van der Waals surface area contributed by atoms with Crippen molar-refractivity contribution < 1.29 is 4.39 Å². The first-order valence-corrected chi connectivity index (χ1v) is 7.97. The van der Waals surface area contributed by atoms with E-state index in [9.17, 15) is 4.39 Å². The second kappa shape index (κ2) is 6.33. The number of nitrogens with two attached hydrogens (primary N) is 1. The number of rotatable bonds is 3. The molecular weight excluding hydrogens is 363 g/mol. The number of hydrogen-bond donors (Lipinski definition) is 1. The number of halogens is 3. The van der Waals surface area contributed by atoms with Crippen LogP contribution in [0, 0.1) is 12.7 Å². The van der Waals surface area contributed by atoms with Gasteiger partial charge in [-0.25, -0.2) is 9.37 Å². The monoisotopic (exact) mass is 374 g/mol. The molecule has 2 rings (SSSR count). The van der Waals surface area contributed by atoms with Gasteiger partial charge in [-0.2, -0.15) is 0 Å². The minimum absolute atomic E-state index is 0.0309. The van der Waals surface area contributed by atoms with E-state index in [1.165, 1.54) is 17.8 Å². The first-order chi connectivity index (χ1) is 9.40. The molecule has 2 N–H and O–H groups in total. The fourth-order valence-corrected chi connectivity index (χ4v) is 4.03. The van der Waals surface area contributed by atoms with Gasteiger partial charge in [-0.1, -0.05) is 17.7 Å². The quantitative estimate of drug-likeness (QED) is 0.732. The smallest absolute Gasteiger partial charge is 0.142 e. The third-order valence-corrected chi connectivity index (χ3v) is 4.90. The van der Waals surface area contributed by atoms with Gasteiger partial charge in [0.15, 0.2) is 0 Å². The van der Waals surface area contributed by atoms with Crippen LogP contribution in [0.4, 0.5) is 10.2 Å². The maximum atomic E-state index is 13.6. The van der Waals surface area contributed by atoms with Crippen molar-refractivity contribution in [1.29, 1.82) is 0 Å². The van der Waals surface area contributed by atoms with E-state index in [0.717, 1.165) is 20.5 Å². The lowest BCUT2D eigenvalue weighted by atomic mass is 10.1. The molecule has 0 fully saturated rings. The van der Waals surface area contributed by atoms with Crippen LogP contribution in [0.5, 0.6) is 0 Å². The number of pyridine rings is 1. The van der Waals surface area contributed by atoms with Crippen molar-refractivity contribution in [3.63, 3.8) is 0 Å². The summed E-state index contributed by atoms with van der Waals surface area (Å²) in [5.41, 5.74) is 7.61. The lowest BCUT2D eigenvalue weighted by molar-refractivity contribution is 0.625. The average Bonchev–Trinajstić information content (AvgIpc) is 2.39. The summed E-state index contributed by atoms with van der Waals surface area (Å²) >= 11 is 11.0. The number of nitrogens with zero attached hydrogens (tertiary/aromatic N) is 1. The molecule has 0 amide bonds. The van der Waals surface area contributed by atoms with Crippen LogP contribution in [0.1, 0.15) is 23.3 Å². The van der Waals surface area contributed by atoms with Crippen LogP contribution in [0.2, 0.25) is 5.02 Å². The molecule has 0 aliphatic heterocycles. The Morgan fingerprint density at radius 3 is 2.85 bits per heavy atom. The summed E-state index contributed by atoms with van der Waals surface area (Å²) in [6, 6.07) is 5.01. The highest BCUT2D eigenvalue weighted by Crippen LogP contribution is 2.42. The fourth-order valence-electron chi connectivity index (χ4n) is 1.94. The molecule has 6 heteroatoms. The normalized spacial score (nSPS) is 12.4. The van der Waals surface area contributed by atoms with Crippen LogP contribution in [-0.4, -0.2) is 4.98 Å². The van der Waals surface area contributed by atoms with Crippen molar-refractivity contribution in [3.8, 4) is 0 Å². The van der Waals surface area contributed by atoms with Crippen molar-refractivity contribution in [3.05, 3.63) is 50.8 Å². The maximum absolute atomic E-state index is 13.6. The van der Waals surface area contributed by atoms with Crippen LogP contribution in [0.3, 0.4) is 0 Å². The van der Waals surface area contributed by atoms with E-state index in [-0.39, 0.29) is 10.3 Å². The summed E-state index contributed by atoms with van der Waals surface area (Å²) in [7, 11) is 0. The standard InChI is InChI=1S/C14H13BrClFN2S/c1-7-3-4-10(17)13(16)12(7)8(2)20-11-5-9(15)6-19-14(11)18/h3-6,8H,1-2H3,(H2,18,19). The van der Waals surface area contributed by atoms with Crippen LogP contribution >= 0.6 is 39.3 Å².